The molecule has 0 N–H and O–H groups in total. The second kappa shape index (κ2) is 8.12. The summed E-state index contributed by atoms with van der Waals surface area (Å²) in [5.41, 5.74) is 2.86. The van der Waals surface area contributed by atoms with E-state index in [1.54, 1.807) is 18.5 Å². The first kappa shape index (κ1) is 20.3. The van der Waals surface area contributed by atoms with Gasteiger partial charge in [0.2, 0.25) is 5.89 Å². The number of thioether (sulfide) groups is 1. The summed E-state index contributed by atoms with van der Waals surface area (Å²) in [6, 6.07) is 14.5. The number of nitrogens with zero attached hydrogens (tertiary/aromatic N) is 5. The van der Waals surface area contributed by atoms with Gasteiger partial charge in [0, 0.05) is 18.1 Å². The molecular formula is C22H14F3N5OS. The van der Waals surface area contributed by atoms with E-state index in [1.165, 1.54) is 17.8 Å². The number of alkyl halides is 3. The minimum atomic E-state index is -4.38. The Hall–Kier alpha value is -3.66. The van der Waals surface area contributed by atoms with E-state index < -0.39 is 11.7 Å². The lowest BCUT2D eigenvalue weighted by molar-refractivity contribution is -0.137. The van der Waals surface area contributed by atoms with Gasteiger partial charge >= 0.3 is 6.18 Å². The molecule has 0 saturated heterocycles. The van der Waals surface area contributed by atoms with Crippen molar-refractivity contribution in [1.29, 1.82) is 0 Å². The fourth-order valence-electron chi connectivity index (χ4n) is 3.18. The van der Waals surface area contributed by atoms with Gasteiger partial charge in [-0.2, -0.15) is 13.2 Å². The molecule has 32 heavy (non-hydrogen) atoms. The average molecular weight is 453 g/mol. The van der Waals surface area contributed by atoms with Gasteiger partial charge in [0.15, 0.2) is 0 Å². The van der Waals surface area contributed by atoms with Gasteiger partial charge in [0.25, 0.3) is 5.22 Å². The number of aromatic nitrogens is 5. The van der Waals surface area contributed by atoms with Crippen molar-refractivity contribution in [2.24, 2.45) is 0 Å². The van der Waals surface area contributed by atoms with E-state index in [1.807, 2.05) is 40.9 Å². The van der Waals surface area contributed by atoms with E-state index in [2.05, 4.69) is 20.2 Å². The summed E-state index contributed by atoms with van der Waals surface area (Å²) in [6.45, 7) is 0. The van der Waals surface area contributed by atoms with Crippen LogP contribution in [0.2, 0.25) is 0 Å². The zero-order valence-electron chi connectivity index (χ0n) is 16.3. The van der Waals surface area contributed by atoms with Crippen LogP contribution in [0.25, 0.3) is 28.5 Å². The standard InChI is InChI=1S/C22H14F3N5OS/c23-22(24,25)16-5-3-4-14(10-16)13-32-21-29-28-20(31-21)15-7-8-19-27-11-18(30(19)12-15)17-6-1-2-9-26-17/h1-12H,13H2. The third kappa shape index (κ3) is 4.09. The van der Waals surface area contributed by atoms with Gasteiger partial charge in [0.1, 0.15) is 5.65 Å². The molecule has 4 heterocycles. The van der Waals surface area contributed by atoms with Crippen LogP contribution in [0.5, 0.6) is 0 Å². The van der Waals surface area contributed by atoms with Gasteiger partial charge in [0.05, 0.1) is 28.7 Å². The molecule has 0 aliphatic carbocycles. The molecule has 6 nitrogen and oxygen atoms in total. The molecule has 10 heteroatoms. The maximum atomic E-state index is 12.9. The predicted molar refractivity (Wildman–Crippen MR) is 113 cm³/mol. The van der Waals surface area contributed by atoms with Crippen LogP contribution in [0.4, 0.5) is 13.2 Å². The topological polar surface area (TPSA) is 69.1 Å². The maximum Gasteiger partial charge on any atom is 0.416 e. The third-order valence-corrected chi connectivity index (χ3v) is 5.59. The lowest BCUT2D eigenvalue weighted by Crippen LogP contribution is -2.04. The summed E-state index contributed by atoms with van der Waals surface area (Å²) < 4.78 is 46.3. The Kier molecular flexibility index (Phi) is 5.14. The molecule has 160 valence electrons. The largest absolute Gasteiger partial charge is 0.416 e. The molecule has 0 amide bonds. The molecule has 0 bridgehead atoms. The normalized spacial score (nSPS) is 11.8. The number of benzene rings is 1. The number of halogens is 3. The van der Waals surface area contributed by atoms with Crippen molar-refractivity contribution in [3.63, 3.8) is 0 Å². The first-order valence-corrected chi connectivity index (χ1v) is 10.5. The van der Waals surface area contributed by atoms with Crippen LogP contribution in [0.15, 0.2) is 82.8 Å². The van der Waals surface area contributed by atoms with Gasteiger partial charge in [-0.15, -0.1) is 10.2 Å². The maximum absolute atomic E-state index is 12.9. The van der Waals surface area contributed by atoms with E-state index in [0.717, 1.165) is 29.2 Å². The highest BCUT2D eigenvalue weighted by molar-refractivity contribution is 7.98. The van der Waals surface area contributed by atoms with Gasteiger partial charge < -0.3 is 4.42 Å². The molecule has 5 rings (SSSR count). The van der Waals surface area contributed by atoms with Crippen molar-refractivity contribution in [1.82, 2.24) is 24.6 Å². The number of fused-ring (bicyclic) bond motifs is 1. The van der Waals surface area contributed by atoms with Crippen molar-refractivity contribution >= 4 is 17.4 Å². The highest BCUT2D eigenvalue weighted by Crippen LogP contribution is 2.32. The highest BCUT2D eigenvalue weighted by atomic mass is 32.2. The quantitative estimate of drug-likeness (QED) is 0.315. The smallest absolute Gasteiger partial charge is 0.411 e. The summed E-state index contributed by atoms with van der Waals surface area (Å²) in [7, 11) is 0. The molecule has 0 aliphatic rings. The summed E-state index contributed by atoms with van der Waals surface area (Å²) in [5, 5.41) is 8.37. The molecule has 0 saturated carbocycles. The highest BCUT2D eigenvalue weighted by Gasteiger charge is 2.30. The molecular weight excluding hydrogens is 439 g/mol. The van der Waals surface area contributed by atoms with E-state index in [0.29, 0.717) is 17.0 Å². The SMILES string of the molecule is FC(F)(F)c1cccc(CSc2nnc(-c3ccc4ncc(-c5ccccn5)n4c3)o2)c1. The predicted octanol–water partition coefficient (Wildman–Crippen LogP) is 5.76. The van der Waals surface area contributed by atoms with Crippen LogP contribution in [-0.4, -0.2) is 24.6 Å². The average Bonchev–Trinajstić information content (AvgIpc) is 3.45. The van der Waals surface area contributed by atoms with Crippen molar-refractivity contribution in [2.75, 3.05) is 0 Å². The zero-order chi connectivity index (χ0) is 22.1. The second-order valence-electron chi connectivity index (χ2n) is 6.86. The Morgan fingerprint density at radius 2 is 1.88 bits per heavy atom. The summed E-state index contributed by atoms with van der Waals surface area (Å²) >= 11 is 1.18. The number of hydrogen-bond donors (Lipinski definition) is 0. The summed E-state index contributed by atoms with van der Waals surface area (Å²) in [4.78, 5) is 8.76. The van der Waals surface area contributed by atoms with E-state index in [-0.39, 0.29) is 11.0 Å². The monoisotopic (exact) mass is 453 g/mol. The summed E-state index contributed by atoms with van der Waals surface area (Å²) in [5.74, 6) is 0.578. The van der Waals surface area contributed by atoms with Crippen molar-refractivity contribution in [3.8, 4) is 22.8 Å². The van der Waals surface area contributed by atoms with E-state index in [4.69, 9.17) is 4.42 Å². The number of pyridine rings is 2. The molecule has 0 radical (unpaired) electrons. The van der Waals surface area contributed by atoms with Crippen molar-refractivity contribution in [2.45, 2.75) is 17.2 Å². The lowest BCUT2D eigenvalue weighted by atomic mass is 10.1. The zero-order valence-corrected chi connectivity index (χ0v) is 17.1. The summed E-state index contributed by atoms with van der Waals surface area (Å²) in [6.07, 6.45) is 0.912. The van der Waals surface area contributed by atoms with Crippen molar-refractivity contribution in [3.05, 3.63) is 84.3 Å². The molecule has 5 aromatic rings. The molecule has 0 atom stereocenters. The molecule has 4 aromatic heterocycles. The second-order valence-corrected chi connectivity index (χ2v) is 7.79. The lowest BCUT2D eigenvalue weighted by Gasteiger charge is -2.07. The van der Waals surface area contributed by atoms with Gasteiger partial charge in [-0.25, -0.2) is 4.98 Å². The molecule has 0 spiro atoms. The molecule has 0 aliphatic heterocycles. The Bertz CT molecular complexity index is 1380. The first-order valence-electron chi connectivity index (χ1n) is 9.49. The van der Waals surface area contributed by atoms with E-state index in [9.17, 15) is 13.2 Å². The fourth-order valence-corrected chi connectivity index (χ4v) is 3.88. The van der Waals surface area contributed by atoms with Crippen LogP contribution in [0.3, 0.4) is 0 Å². The van der Waals surface area contributed by atoms with Crippen molar-refractivity contribution < 1.29 is 17.6 Å². The molecule has 0 fully saturated rings. The minimum Gasteiger partial charge on any atom is -0.411 e. The number of rotatable bonds is 5. The first-order chi connectivity index (χ1) is 15.5. The van der Waals surface area contributed by atoms with E-state index >= 15 is 0 Å². The Labute approximate surface area is 184 Å². The number of hydrogen-bond acceptors (Lipinski definition) is 6. The van der Waals surface area contributed by atoms with Crippen LogP contribution >= 0.6 is 11.8 Å². The van der Waals surface area contributed by atoms with Crippen LogP contribution in [0, 0.1) is 0 Å². The Morgan fingerprint density at radius 3 is 2.69 bits per heavy atom. The minimum absolute atomic E-state index is 0.271. The third-order valence-electron chi connectivity index (χ3n) is 4.70. The Balaban J connectivity index is 1.37. The molecule has 1 aromatic carbocycles. The van der Waals surface area contributed by atoms with Crippen LogP contribution in [-0.2, 0) is 11.9 Å². The van der Waals surface area contributed by atoms with Gasteiger partial charge in [-0.3, -0.25) is 9.38 Å². The Morgan fingerprint density at radius 1 is 0.969 bits per heavy atom. The fraction of sp³-hybridized carbons (Fsp3) is 0.0909. The van der Waals surface area contributed by atoms with Crippen LogP contribution < -0.4 is 0 Å². The molecule has 0 unspecified atom stereocenters. The number of imidazole rings is 1. The van der Waals surface area contributed by atoms with Gasteiger partial charge in [-0.1, -0.05) is 36.0 Å². The van der Waals surface area contributed by atoms with Crippen LogP contribution in [0.1, 0.15) is 11.1 Å². The van der Waals surface area contributed by atoms with Gasteiger partial charge in [-0.05, 0) is 35.9 Å².